The fourth-order valence-corrected chi connectivity index (χ4v) is 2.91. The molecule has 7 nitrogen and oxygen atoms in total. The van der Waals surface area contributed by atoms with Crippen LogP contribution in [-0.2, 0) is 12.4 Å². The summed E-state index contributed by atoms with van der Waals surface area (Å²) in [5.41, 5.74) is 8.87. The number of aromatic nitrogens is 5. The third-order valence-corrected chi connectivity index (χ3v) is 4.40. The molecule has 0 unspecified atom stereocenters. The number of pyridine rings is 2. The number of fused-ring (bicyclic) bond motifs is 1. The van der Waals surface area contributed by atoms with Crippen LogP contribution >= 0.6 is 0 Å². The van der Waals surface area contributed by atoms with E-state index in [2.05, 4.69) is 20.1 Å². The van der Waals surface area contributed by atoms with Gasteiger partial charge < -0.3 is 11.5 Å². The van der Waals surface area contributed by atoms with Gasteiger partial charge in [-0.2, -0.15) is 31.4 Å². The Hall–Kier alpha value is -3.90. The van der Waals surface area contributed by atoms with Crippen LogP contribution in [0, 0.1) is 0 Å². The predicted octanol–water partition coefficient (Wildman–Crippen LogP) is 4.06. The van der Waals surface area contributed by atoms with Gasteiger partial charge in [0.05, 0.1) is 28.7 Å². The number of alkyl halides is 6. The quantitative estimate of drug-likeness (QED) is 0.456. The van der Waals surface area contributed by atoms with Gasteiger partial charge in [-0.3, -0.25) is 0 Å². The summed E-state index contributed by atoms with van der Waals surface area (Å²) >= 11 is 0. The normalized spacial score (nSPS) is 12.5. The van der Waals surface area contributed by atoms with Crippen molar-refractivity contribution in [3.8, 4) is 22.5 Å². The Labute approximate surface area is 169 Å². The van der Waals surface area contributed by atoms with Gasteiger partial charge in [-0.25, -0.2) is 19.5 Å². The maximum absolute atomic E-state index is 13.2. The summed E-state index contributed by atoms with van der Waals surface area (Å²) in [5, 5.41) is 4.21. The molecule has 0 radical (unpaired) electrons. The Kier molecular flexibility index (Phi) is 4.48. The molecule has 4 rings (SSSR count). The van der Waals surface area contributed by atoms with Crippen LogP contribution in [-0.4, -0.2) is 24.6 Å². The number of anilines is 2. The summed E-state index contributed by atoms with van der Waals surface area (Å²) in [4.78, 5) is 11.2. The zero-order valence-corrected chi connectivity index (χ0v) is 15.2. The number of halogens is 6. The number of hydrogen-bond acceptors (Lipinski definition) is 6. The first-order chi connectivity index (χ1) is 14.4. The molecule has 4 heterocycles. The van der Waals surface area contributed by atoms with Crippen molar-refractivity contribution in [3.05, 3.63) is 54.0 Å². The molecule has 4 aromatic heterocycles. The second-order valence-electron chi connectivity index (χ2n) is 6.44. The Bertz CT molecular complexity index is 1290. The Morgan fingerprint density at radius 1 is 0.710 bits per heavy atom. The summed E-state index contributed by atoms with van der Waals surface area (Å²) in [6.45, 7) is 0. The van der Waals surface area contributed by atoms with Gasteiger partial charge in [-0.15, -0.1) is 0 Å². The van der Waals surface area contributed by atoms with Crippen molar-refractivity contribution in [1.82, 2.24) is 24.6 Å². The monoisotopic (exact) mass is 439 g/mol. The molecule has 0 fully saturated rings. The smallest absolute Gasteiger partial charge is 0.383 e. The highest BCUT2D eigenvalue weighted by atomic mass is 19.4. The van der Waals surface area contributed by atoms with Gasteiger partial charge in [0.25, 0.3) is 0 Å². The van der Waals surface area contributed by atoms with Crippen molar-refractivity contribution in [2.75, 3.05) is 11.5 Å². The number of nitrogens with two attached hydrogens (primary N) is 2. The van der Waals surface area contributed by atoms with E-state index in [1.54, 1.807) is 0 Å². The minimum absolute atomic E-state index is 0.00878. The van der Waals surface area contributed by atoms with E-state index >= 15 is 0 Å². The fourth-order valence-electron chi connectivity index (χ4n) is 2.91. The average Bonchev–Trinajstić information content (AvgIpc) is 3.10. The highest BCUT2D eigenvalue weighted by molar-refractivity contribution is 5.68. The van der Waals surface area contributed by atoms with E-state index in [9.17, 15) is 26.3 Å². The second kappa shape index (κ2) is 6.82. The molecule has 0 atom stereocenters. The molecule has 0 aliphatic heterocycles. The van der Waals surface area contributed by atoms with Crippen molar-refractivity contribution in [3.63, 3.8) is 0 Å². The average molecular weight is 439 g/mol. The van der Waals surface area contributed by atoms with Crippen LogP contribution in [0.3, 0.4) is 0 Å². The van der Waals surface area contributed by atoms with Gasteiger partial charge in [0.2, 0.25) is 0 Å². The van der Waals surface area contributed by atoms with E-state index in [0.29, 0.717) is 0 Å². The molecule has 13 heteroatoms. The summed E-state index contributed by atoms with van der Waals surface area (Å²) in [7, 11) is 0. The molecule has 4 aromatic rings. The summed E-state index contributed by atoms with van der Waals surface area (Å²) < 4.78 is 80.1. The zero-order chi connectivity index (χ0) is 22.6. The van der Waals surface area contributed by atoms with E-state index in [1.165, 1.54) is 22.8 Å². The number of rotatable bonds is 2. The maximum atomic E-state index is 13.2. The highest BCUT2D eigenvalue weighted by Crippen LogP contribution is 2.36. The molecule has 0 amide bonds. The van der Waals surface area contributed by atoms with E-state index in [-0.39, 0.29) is 28.2 Å². The molecule has 0 bridgehead atoms. The van der Waals surface area contributed by atoms with Crippen molar-refractivity contribution in [2.24, 2.45) is 0 Å². The van der Waals surface area contributed by atoms with Crippen LogP contribution in [0.4, 0.5) is 38.0 Å². The van der Waals surface area contributed by atoms with Gasteiger partial charge in [-0.1, -0.05) is 0 Å². The van der Waals surface area contributed by atoms with Crippen LogP contribution in [0.1, 0.15) is 11.1 Å². The van der Waals surface area contributed by atoms with Crippen LogP contribution in [0.2, 0.25) is 0 Å². The Morgan fingerprint density at radius 2 is 1.26 bits per heavy atom. The summed E-state index contributed by atoms with van der Waals surface area (Å²) in [6, 6.07) is 4.44. The molecule has 0 aliphatic rings. The van der Waals surface area contributed by atoms with Gasteiger partial charge in [0.1, 0.15) is 11.6 Å². The Morgan fingerprint density at radius 3 is 1.84 bits per heavy atom. The lowest BCUT2D eigenvalue weighted by molar-refractivity contribution is -0.137. The topological polar surface area (TPSA) is 108 Å². The van der Waals surface area contributed by atoms with Crippen LogP contribution in [0.5, 0.6) is 0 Å². The first-order valence-electron chi connectivity index (χ1n) is 8.46. The predicted molar refractivity (Wildman–Crippen MR) is 98.3 cm³/mol. The molecule has 0 aliphatic carbocycles. The van der Waals surface area contributed by atoms with Gasteiger partial charge in [0, 0.05) is 23.5 Å². The third kappa shape index (κ3) is 3.69. The highest BCUT2D eigenvalue weighted by Gasteiger charge is 2.35. The molecule has 31 heavy (non-hydrogen) atoms. The van der Waals surface area contributed by atoms with Gasteiger partial charge >= 0.3 is 12.4 Å². The van der Waals surface area contributed by atoms with Crippen molar-refractivity contribution < 1.29 is 26.3 Å². The van der Waals surface area contributed by atoms with Crippen molar-refractivity contribution in [1.29, 1.82) is 0 Å². The first kappa shape index (κ1) is 20.4. The molecule has 0 spiro atoms. The number of hydrogen-bond donors (Lipinski definition) is 2. The van der Waals surface area contributed by atoms with E-state index in [0.717, 1.165) is 24.5 Å². The van der Waals surface area contributed by atoms with Crippen molar-refractivity contribution >= 4 is 17.3 Å². The number of imidazole rings is 1. The lowest BCUT2D eigenvalue weighted by Crippen LogP contribution is -2.11. The van der Waals surface area contributed by atoms with Crippen LogP contribution < -0.4 is 11.5 Å². The standard InChI is InChI=1S/C18H11F6N7/c19-17(20,21)10-3-8(5-28-15(10)25)12-1-2-14-27-7-13(31(14)30-12)9-4-11(18(22,23)24)16(26)29-6-9/h1-7H,(H2,25,28)(H2,26,29). The second-order valence-corrected chi connectivity index (χ2v) is 6.44. The molecular formula is C18H11F6N7. The molecule has 0 saturated heterocycles. The minimum Gasteiger partial charge on any atom is -0.383 e. The zero-order valence-electron chi connectivity index (χ0n) is 15.2. The molecule has 160 valence electrons. The van der Waals surface area contributed by atoms with Gasteiger partial charge in [-0.05, 0) is 24.3 Å². The van der Waals surface area contributed by atoms with Gasteiger partial charge in [0.15, 0.2) is 5.65 Å². The largest absolute Gasteiger partial charge is 0.419 e. The SMILES string of the molecule is Nc1ncc(-c2ccc3ncc(-c4cnc(N)c(C(F)(F)F)c4)n3n2)cc1C(F)(F)F. The summed E-state index contributed by atoms with van der Waals surface area (Å²) in [5.74, 6) is -1.38. The molecule has 4 N–H and O–H groups in total. The van der Waals surface area contributed by atoms with E-state index < -0.39 is 35.1 Å². The number of nitrogens with zero attached hydrogens (tertiary/aromatic N) is 5. The fraction of sp³-hybridized carbons (Fsp3) is 0.111. The third-order valence-electron chi connectivity index (χ3n) is 4.40. The van der Waals surface area contributed by atoms with Crippen LogP contribution in [0.15, 0.2) is 42.9 Å². The molecule has 0 saturated carbocycles. The van der Waals surface area contributed by atoms with E-state index in [1.807, 2.05) is 0 Å². The van der Waals surface area contributed by atoms with Crippen LogP contribution in [0.25, 0.3) is 28.2 Å². The lowest BCUT2D eigenvalue weighted by atomic mass is 10.1. The lowest BCUT2D eigenvalue weighted by Gasteiger charge is -2.12. The molecular weight excluding hydrogens is 428 g/mol. The van der Waals surface area contributed by atoms with E-state index in [4.69, 9.17) is 11.5 Å². The van der Waals surface area contributed by atoms with Crippen molar-refractivity contribution in [2.45, 2.75) is 12.4 Å². The summed E-state index contributed by atoms with van der Waals surface area (Å²) in [6.07, 6.45) is -5.95. The number of nitrogen functional groups attached to an aromatic ring is 2. The Balaban J connectivity index is 1.85. The first-order valence-corrected chi connectivity index (χ1v) is 8.46. The minimum atomic E-state index is -4.73. The molecule has 0 aromatic carbocycles. The maximum Gasteiger partial charge on any atom is 0.419 e.